The molecule has 5 aromatic rings. The molecule has 1 aliphatic heterocycles. The van der Waals surface area contributed by atoms with Crippen LogP contribution in [0.3, 0.4) is 0 Å². The van der Waals surface area contributed by atoms with Gasteiger partial charge in [-0.25, -0.2) is 0 Å². The van der Waals surface area contributed by atoms with Gasteiger partial charge >= 0.3 is 5.97 Å². The Labute approximate surface area is 286 Å². The number of carbonyl (C=O) groups is 2. The molecule has 2 unspecified atom stereocenters. The number of nitrogens with zero attached hydrogens (tertiary/aromatic N) is 3. The van der Waals surface area contributed by atoms with Crippen LogP contribution in [0.15, 0.2) is 146 Å². The molecule has 0 spiro atoms. The van der Waals surface area contributed by atoms with E-state index in [1.54, 1.807) is 24.1 Å². The Morgan fingerprint density at radius 2 is 1.20 bits per heavy atom. The zero-order valence-corrected chi connectivity index (χ0v) is 27.4. The van der Waals surface area contributed by atoms with Crippen LogP contribution in [-0.2, 0) is 14.3 Å². The fraction of sp³-hybridized carbons (Fsp3) is 0.220. The third kappa shape index (κ3) is 7.93. The number of esters is 1. The number of carbonyl (C=O) groups excluding carboxylic acids is 2. The SMILES string of the molecule is CN(C(=O)C(c1ccccc1)c1ccccc1)C(CN1CCC(OC(=O)C(c2ccccc2)c2ccccc2)C1)c1cccc([N+](=O)[O-])c1. The van der Waals surface area contributed by atoms with Crippen LogP contribution in [0.25, 0.3) is 0 Å². The number of ether oxygens (including phenoxy) is 1. The van der Waals surface area contributed by atoms with E-state index in [0.29, 0.717) is 31.6 Å². The number of likely N-dealkylation sites (N-methyl/N-ethyl adjacent to an activating group) is 1. The summed E-state index contributed by atoms with van der Waals surface area (Å²) >= 11 is 0. The van der Waals surface area contributed by atoms with Crippen LogP contribution in [0.2, 0.25) is 0 Å². The van der Waals surface area contributed by atoms with Crippen molar-refractivity contribution in [1.82, 2.24) is 9.80 Å². The number of likely N-dealkylation sites (tertiary alicyclic amines) is 1. The molecule has 1 saturated heterocycles. The number of nitro groups is 1. The smallest absolute Gasteiger partial charge is 0.318 e. The van der Waals surface area contributed by atoms with Crippen LogP contribution in [0.5, 0.6) is 0 Å². The van der Waals surface area contributed by atoms with Gasteiger partial charge < -0.3 is 9.64 Å². The second-order valence-corrected chi connectivity index (χ2v) is 12.4. The summed E-state index contributed by atoms with van der Waals surface area (Å²) in [5.74, 6) is -1.54. The molecule has 1 heterocycles. The van der Waals surface area contributed by atoms with Crippen LogP contribution in [0, 0.1) is 10.1 Å². The topological polar surface area (TPSA) is 93.0 Å². The predicted molar refractivity (Wildman–Crippen MR) is 189 cm³/mol. The summed E-state index contributed by atoms with van der Waals surface area (Å²) in [4.78, 5) is 43.5. The van der Waals surface area contributed by atoms with Crippen LogP contribution >= 0.6 is 0 Å². The number of hydrogen-bond acceptors (Lipinski definition) is 6. The minimum absolute atomic E-state index is 0.0351. The van der Waals surface area contributed by atoms with E-state index >= 15 is 0 Å². The summed E-state index contributed by atoms with van der Waals surface area (Å²) in [5.41, 5.74) is 4.09. The third-order valence-corrected chi connectivity index (χ3v) is 9.24. The van der Waals surface area contributed by atoms with Crippen molar-refractivity contribution in [2.45, 2.75) is 30.4 Å². The normalized spacial score (nSPS) is 15.2. The minimum atomic E-state index is -0.561. The van der Waals surface area contributed by atoms with Crippen molar-refractivity contribution >= 4 is 17.6 Å². The van der Waals surface area contributed by atoms with Crippen molar-refractivity contribution in [3.05, 3.63) is 184 Å². The van der Waals surface area contributed by atoms with Gasteiger partial charge in [-0.3, -0.25) is 24.6 Å². The lowest BCUT2D eigenvalue weighted by molar-refractivity contribution is -0.385. The Morgan fingerprint density at radius 1 is 0.735 bits per heavy atom. The number of amides is 1. The summed E-state index contributed by atoms with van der Waals surface area (Å²) in [6.45, 7) is 1.54. The van der Waals surface area contributed by atoms with Crippen molar-refractivity contribution in [3.63, 3.8) is 0 Å². The molecule has 5 aromatic carbocycles. The zero-order valence-electron chi connectivity index (χ0n) is 27.4. The third-order valence-electron chi connectivity index (χ3n) is 9.24. The average molecular weight is 654 g/mol. The fourth-order valence-electron chi connectivity index (χ4n) is 6.71. The van der Waals surface area contributed by atoms with Gasteiger partial charge in [-0.15, -0.1) is 0 Å². The minimum Gasteiger partial charge on any atom is -0.460 e. The second-order valence-electron chi connectivity index (χ2n) is 12.4. The number of non-ortho nitro benzene ring substituents is 1. The number of hydrogen-bond donors (Lipinski definition) is 0. The highest BCUT2D eigenvalue weighted by Gasteiger charge is 2.35. The quantitative estimate of drug-likeness (QED) is 0.0793. The highest BCUT2D eigenvalue weighted by molar-refractivity contribution is 5.87. The summed E-state index contributed by atoms with van der Waals surface area (Å²) in [5, 5.41) is 11.8. The van der Waals surface area contributed by atoms with Crippen molar-refractivity contribution in [3.8, 4) is 0 Å². The Balaban J connectivity index is 1.24. The maximum absolute atomic E-state index is 14.5. The van der Waals surface area contributed by atoms with Gasteiger partial charge in [-0.05, 0) is 34.2 Å². The lowest BCUT2D eigenvalue weighted by Gasteiger charge is -2.34. The lowest BCUT2D eigenvalue weighted by atomic mass is 9.89. The predicted octanol–water partition coefficient (Wildman–Crippen LogP) is 7.38. The molecule has 0 aromatic heterocycles. The Hall–Kier alpha value is -5.60. The monoisotopic (exact) mass is 653 g/mol. The molecule has 6 rings (SSSR count). The van der Waals surface area contributed by atoms with Crippen LogP contribution in [0.1, 0.15) is 52.1 Å². The van der Waals surface area contributed by atoms with Gasteiger partial charge in [0.2, 0.25) is 5.91 Å². The first kappa shape index (κ1) is 33.3. The van der Waals surface area contributed by atoms with Gasteiger partial charge in [-0.1, -0.05) is 133 Å². The molecule has 8 nitrogen and oxygen atoms in total. The van der Waals surface area contributed by atoms with Crippen LogP contribution < -0.4 is 0 Å². The highest BCUT2D eigenvalue weighted by atomic mass is 16.6. The highest BCUT2D eigenvalue weighted by Crippen LogP contribution is 2.33. The molecule has 1 aliphatic rings. The Kier molecular flexibility index (Phi) is 10.6. The number of rotatable bonds is 12. The van der Waals surface area contributed by atoms with Gasteiger partial charge in [0.1, 0.15) is 12.0 Å². The standard InChI is InChI=1S/C41H39N3O5/c1-42(40(45)38(30-15-6-2-7-16-30)31-17-8-3-9-18-31)37(34-23-14-24-35(27-34)44(47)48)29-43-26-25-36(28-43)49-41(46)39(32-19-10-4-11-20-32)33-21-12-5-13-22-33/h2-24,27,36-39H,25-26,28-29H2,1H3. The molecule has 248 valence electrons. The maximum Gasteiger partial charge on any atom is 0.318 e. The largest absolute Gasteiger partial charge is 0.460 e. The van der Waals surface area contributed by atoms with E-state index in [-0.39, 0.29) is 23.7 Å². The molecule has 0 radical (unpaired) electrons. The van der Waals surface area contributed by atoms with Crippen molar-refractivity contribution in [2.24, 2.45) is 0 Å². The van der Waals surface area contributed by atoms with Crippen LogP contribution in [-0.4, -0.2) is 59.4 Å². The fourth-order valence-corrected chi connectivity index (χ4v) is 6.71. The lowest BCUT2D eigenvalue weighted by Crippen LogP contribution is -2.41. The summed E-state index contributed by atoms with van der Waals surface area (Å²) < 4.78 is 6.16. The van der Waals surface area contributed by atoms with Crippen molar-refractivity contribution < 1.29 is 19.2 Å². The van der Waals surface area contributed by atoms with Gasteiger partial charge in [0.15, 0.2) is 0 Å². The van der Waals surface area contributed by atoms with Gasteiger partial charge in [-0.2, -0.15) is 0 Å². The van der Waals surface area contributed by atoms with Gasteiger partial charge in [0.05, 0.1) is 16.9 Å². The summed E-state index contributed by atoms with van der Waals surface area (Å²) in [6.07, 6.45) is 0.299. The van der Waals surface area contributed by atoms with E-state index < -0.39 is 22.8 Å². The molecule has 0 saturated carbocycles. The van der Waals surface area contributed by atoms with E-state index in [0.717, 1.165) is 22.3 Å². The van der Waals surface area contributed by atoms with E-state index in [1.807, 2.05) is 127 Å². The zero-order chi connectivity index (χ0) is 34.2. The molecular weight excluding hydrogens is 614 g/mol. The van der Waals surface area contributed by atoms with E-state index in [4.69, 9.17) is 4.74 Å². The van der Waals surface area contributed by atoms with E-state index in [2.05, 4.69) is 4.90 Å². The molecule has 8 heteroatoms. The molecule has 1 amide bonds. The summed E-state index contributed by atoms with van der Waals surface area (Å²) in [6, 6.07) is 44.6. The van der Waals surface area contributed by atoms with Crippen LogP contribution in [0.4, 0.5) is 5.69 Å². The number of benzene rings is 5. The van der Waals surface area contributed by atoms with Gasteiger partial charge in [0, 0.05) is 38.8 Å². The maximum atomic E-state index is 14.5. The molecule has 0 aliphatic carbocycles. The molecule has 49 heavy (non-hydrogen) atoms. The van der Waals surface area contributed by atoms with Crippen molar-refractivity contribution in [1.29, 1.82) is 0 Å². The first-order valence-corrected chi connectivity index (χ1v) is 16.5. The molecule has 0 N–H and O–H groups in total. The Bertz CT molecular complexity index is 1780. The van der Waals surface area contributed by atoms with E-state index in [1.165, 1.54) is 6.07 Å². The first-order chi connectivity index (χ1) is 23.9. The molecule has 0 bridgehead atoms. The molecule has 1 fully saturated rings. The number of nitro benzene ring substituents is 1. The molecule has 2 atom stereocenters. The molecular formula is C41H39N3O5. The Morgan fingerprint density at radius 3 is 1.69 bits per heavy atom. The average Bonchev–Trinajstić information content (AvgIpc) is 3.59. The first-order valence-electron chi connectivity index (χ1n) is 16.5. The van der Waals surface area contributed by atoms with Gasteiger partial charge in [0.25, 0.3) is 5.69 Å². The van der Waals surface area contributed by atoms with Crippen molar-refractivity contribution in [2.75, 3.05) is 26.7 Å². The summed E-state index contributed by atoms with van der Waals surface area (Å²) in [7, 11) is 1.77. The second kappa shape index (κ2) is 15.5. The van der Waals surface area contributed by atoms with E-state index in [9.17, 15) is 19.7 Å².